The third-order valence-corrected chi connectivity index (χ3v) is 2.79. The van der Waals surface area contributed by atoms with Crippen LogP contribution in [0.25, 0.3) is 0 Å². The van der Waals surface area contributed by atoms with Gasteiger partial charge in [0.1, 0.15) is 11.6 Å². The van der Waals surface area contributed by atoms with Gasteiger partial charge in [0.2, 0.25) is 0 Å². The molecule has 0 atom stereocenters. The molecule has 0 radical (unpaired) electrons. The second kappa shape index (κ2) is 5.82. The maximum absolute atomic E-state index is 12.7. The molecule has 1 aromatic rings. The van der Waals surface area contributed by atoms with E-state index in [1.807, 2.05) is 0 Å². The minimum Gasteiger partial charge on any atom is -0.507 e. The maximum atomic E-state index is 12.7. The van der Waals surface area contributed by atoms with E-state index in [4.69, 9.17) is 4.74 Å². The van der Waals surface area contributed by atoms with Crippen molar-refractivity contribution in [2.45, 2.75) is 12.8 Å². The summed E-state index contributed by atoms with van der Waals surface area (Å²) in [6, 6.07) is 3.31. The summed E-state index contributed by atoms with van der Waals surface area (Å²) in [5, 5.41) is 12.0. The Bertz CT molecular complexity index is 432. The monoisotopic (exact) mass is 253 g/mol. The number of amides is 1. The molecule has 0 unspecified atom stereocenters. The number of carbonyl (C=O) groups excluding carboxylic acids is 1. The fourth-order valence-corrected chi connectivity index (χ4v) is 1.56. The van der Waals surface area contributed by atoms with Crippen molar-refractivity contribution in [1.29, 1.82) is 0 Å². The van der Waals surface area contributed by atoms with Gasteiger partial charge in [0, 0.05) is 19.2 Å². The maximum Gasteiger partial charge on any atom is 0.255 e. The van der Waals surface area contributed by atoms with Crippen LogP contribution in [-0.4, -0.2) is 30.8 Å². The van der Waals surface area contributed by atoms with Crippen molar-refractivity contribution in [3.63, 3.8) is 0 Å². The summed E-state index contributed by atoms with van der Waals surface area (Å²) in [5.41, 5.74) is 0.0681. The number of phenolic OH excluding ortho intramolecular Hbond substituents is 1. The average Bonchev–Trinajstić information content (AvgIpc) is 3.12. The molecule has 5 heteroatoms. The van der Waals surface area contributed by atoms with Gasteiger partial charge in [-0.15, -0.1) is 0 Å². The number of phenols is 1. The molecule has 98 valence electrons. The van der Waals surface area contributed by atoms with Crippen molar-refractivity contribution in [1.82, 2.24) is 5.32 Å². The zero-order valence-corrected chi connectivity index (χ0v) is 9.99. The molecule has 0 spiro atoms. The highest BCUT2D eigenvalue weighted by atomic mass is 19.1. The third-order valence-electron chi connectivity index (χ3n) is 2.79. The molecule has 1 saturated carbocycles. The van der Waals surface area contributed by atoms with Crippen LogP contribution >= 0.6 is 0 Å². The van der Waals surface area contributed by atoms with Gasteiger partial charge in [-0.2, -0.15) is 0 Å². The van der Waals surface area contributed by atoms with Gasteiger partial charge in [0.25, 0.3) is 5.91 Å². The van der Waals surface area contributed by atoms with Crippen LogP contribution < -0.4 is 5.32 Å². The van der Waals surface area contributed by atoms with Crippen LogP contribution in [0, 0.1) is 11.7 Å². The highest BCUT2D eigenvalue weighted by Gasteiger charge is 2.20. The molecule has 1 aliphatic carbocycles. The molecular formula is C13H16FNO3. The first kappa shape index (κ1) is 12.8. The zero-order chi connectivity index (χ0) is 13.0. The number of carbonyl (C=O) groups is 1. The van der Waals surface area contributed by atoms with Crippen molar-refractivity contribution in [2.24, 2.45) is 5.92 Å². The molecule has 1 aromatic carbocycles. The Morgan fingerprint density at radius 1 is 1.50 bits per heavy atom. The molecule has 0 bridgehead atoms. The number of halogens is 1. The van der Waals surface area contributed by atoms with Crippen LogP contribution in [0.3, 0.4) is 0 Å². The van der Waals surface area contributed by atoms with E-state index in [2.05, 4.69) is 5.32 Å². The van der Waals surface area contributed by atoms with Gasteiger partial charge in [-0.1, -0.05) is 0 Å². The number of aromatic hydroxyl groups is 1. The Morgan fingerprint density at radius 2 is 2.28 bits per heavy atom. The van der Waals surface area contributed by atoms with E-state index in [0.29, 0.717) is 19.1 Å². The van der Waals surface area contributed by atoms with Crippen molar-refractivity contribution in [2.75, 3.05) is 19.8 Å². The van der Waals surface area contributed by atoms with Crippen molar-refractivity contribution in [3.05, 3.63) is 29.6 Å². The SMILES string of the molecule is O=C(NCCOCC1CC1)c1ccc(F)cc1O. The van der Waals surface area contributed by atoms with E-state index in [1.54, 1.807) is 0 Å². The standard InChI is InChI=1S/C13H16FNO3/c14-10-3-4-11(12(16)7-10)13(17)15-5-6-18-8-9-1-2-9/h3-4,7,9,16H,1-2,5-6,8H2,(H,15,17). The Kier molecular flexibility index (Phi) is 4.15. The smallest absolute Gasteiger partial charge is 0.255 e. The summed E-state index contributed by atoms with van der Waals surface area (Å²) in [6.07, 6.45) is 2.46. The summed E-state index contributed by atoms with van der Waals surface area (Å²) in [5.74, 6) is -0.660. The predicted molar refractivity (Wildman–Crippen MR) is 63.9 cm³/mol. The van der Waals surface area contributed by atoms with Gasteiger partial charge >= 0.3 is 0 Å². The lowest BCUT2D eigenvalue weighted by Gasteiger charge is -2.07. The second-order valence-electron chi connectivity index (χ2n) is 4.44. The minimum atomic E-state index is -0.572. The topological polar surface area (TPSA) is 58.6 Å². The van der Waals surface area contributed by atoms with E-state index < -0.39 is 11.7 Å². The summed E-state index contributed by atoms with van der Waals surface area (Å²) in [7, 11) is 0. The summed E-state index contributed by atoms with van der Waals surface area (Å²) < 4.78 is 18.1. The minimum absolute atomic E-state index is 0.0681. The number of hydrogen-bond acceptors (Lipinski definition) is 3. The lowest BCUT2D eigenvalue weighted by atomic mass is 10.2. The summed E-state index contributed by atoms with van der Waals surface area (Å²) in [6.45, 7) is 1.57. The lowest BCUT2D eigenvalue weighted by Crippen LogP contribution is -2.27. The van der Waals surface area contributed by atoms with Crippen LogP contribution in [0.5, 0.6) is 5.75 Å². The number of rotatable bonds is 6. The van der Waals surface area contributed by atoms with Crippen molar-refractivity contribution in [3.8, 4) is 5.75 Å². The Balaban J connectivity index is 1.72. The fraction of sp³-hybridized carbons (Fsp3) is 0.462. The highest BCUT2D eigenvalue weighted by Crippen LogP contribution is 2.28. The van der Waals surface area contributed by atoms with Crippen LogP contribution in [0.2, 0.25) is 0 Å². The Labute approximate surface area is 105 Å². The number of hydrogen-bond donors (Lipinski definition) is 2. The molecule has 18 heavy (non-hydrogen) atoms. The first-order valence-electron chi connectivity index (χ1n) is 6.01. The van der Waals surface area contributed by atoms with E-state index in [1.165, 1.54) is 18.9 Å². The molecular weight excluding hydrogens is 237 g/mol. The predicted octanol–water partition coefficient (Wildman–Crippen LogP) is 1.69. The largest absolute Gasteiger partial charge is 0.507 e. The molecule has 1 amide bonds. The van der Waals surface area contributed by atoms with Gasteiger partial charge in [-0.25, -0.2) is 4.39 Å². The first-order valence-corrected chi connectivity index (χ1v) is 6.01. The molecule has 2 rings (SSSR count). The quantitative estimate of drug-likeness (QED) is 0.758. The van der Waals surface area contributed by atoms with Gasteiger partial charge in [0.05, 0.1) is 12.2 Å². The van der Waals surface area contributed by atoms with Crippen LogP contribution in [0.4, 0.5) is 4.39 Å². The molecule has 0 saturated heterocycles. The normalized spacial score (nSPS) is 14.5. The zero-order valence-electron chi connectivity index (χ0n) is 9.99. The van der Waals surface area contributed by atoms with Gasteiger partial charge < -0.3 is 15.2 Å². The molecule has 0 heterocycles. The third kappa shape index (κ3) is 3.70. The van der Waals surface area contributed by atoms with Crippen molar-refractivity contribution < 1.29 is 19.0 Å². The van der Waals surface area contributed by atoms with E-state index in [0.717, 1.165) is 18.7 Å². The first-order chi connectivity index (χ1) is 8.66. The van der Waals surface area contributed by atoms with Gasteiger partial charge in [0.15, 0.2) is 0 Å². The number of benzene rings is 1. The molecule has 0 aliphatic heterocycles. The average molecular weight is 253 g/mol. The van der Waals surface area contributed by atoms with E-state index in [-0.39, 0.29) is 11.3 Å². The lowest BCUT2D eigenvalue weighted by molar-refractivity contribution is 0.0904. The van der Waals surface area contributed by atoms with Crippen LogP contribution in [0.1, 0.15) is 23.2 Å². The summed E-state index contributed by atoms with van der Waals surface area (Å²) >= 11 is 0. The van der Waals surface area contributed by atoms with E-state index in [9.17, 15) is 14.3 Å². The van der Waals surface area contributed by atoms with Crippen molar-refractivity contribution >= 4 is 5.91 Å². The Morgan fingerprint density at radius 3 is 2.94 bits per heavy atom. The molecule has 4 nitrogen and oxygen atoms in total. The highest BCUT2D eigenvalue weighted by molar-refractivity contribution is 5.96. The molecule has 1 aliphatic rings. The Hall–Kier alpha value is -1.62. The second-order valence-corrected chi connectivity index (χ2v) is 4.44. The number of nitrogens with one attached hydrogen (secondary N) is 1. The fourth-order valence-electron chi connectivity index (χ4n) is 1.56. The molecule has 1 fully saturated rings. The number of ether oxygens (including phenoxy) is 1. The van der Waals surface area contributed by atoms with E-state index >= 15 is 0 Å². The molecule has 0 aromatic heterocycles. The molecule has 2 N–H and O–H groups in total. The van der Waals surface area contributed by atoms with Gasteiger partial charge in [-0.3, -0.25) is 4.79 Å². The van der Waals surface area contributed by atoms with Crippen LogP contribution in [-0.2, 0) is 4.74 Å². The van der Waals surface area contributed by atoms with Gasteiger partial charge in [-0.05, 0) is 30.9 Å². The van der Waals surface area contributed by atoms with Crippen LogP contribution in [0.15, 0.2) is 18.2 Å². The summed E-state index contributed by atoms with van der Waals surface area (Å²) in [4.78, 5) is 11.6.